The highest BCUT2D eigenvalue weighted by Crippen LogP contribution is 2.11. The molecule has 0 spiro atoms. The van der Waals surface area contributed by atoms with Crippen molar-refractivity contribution in [1.29, 1.82) is 0 Å². The van der Waals surface area contributed by atoms with Crippen molar-refractivity contribution < 1.29 is 9.90 Å². The van der Waals surface area contributed by atoms with Gasteiger partial charge < -0.3 is 21.1 Å². The largest absolute Gasteiger partial charge is 0.465 e. The normalized spacial score (nSPS) is 10.5. The van der Waals surface area contributed by atoms with Crippen molar-refractivity contribution in [3.05, 3.63) is 22.1 Å². The third-order valence-corrected chi connectivity index (χ3v) is 2.07. The highest BCUT2D eigenvalue weighted by molar-refractivity contribution is 5.79. The first kappa shape index (κ1) is 10.0. The van der Waals surface area contributed by atoms with Crippen LogP contribution in [0.3, 0.4) is 0 Å². The molecule has 1 amide bonds. The summed E-state index contributed by atoms with van der Waals surface area (Å²) in [6.07, 6.45) is 0.358. The van der Waals surface area contributed by atoms with E-state index in [4.69, 9.17) is 10.8 Å². The van der Waals surface area contributed by atoms with Gasteiger partial charge in [-0.2, -0.15) is 4.98 Å². The average molecular weight is 223 g/mol. The molecule has 8 heteroatoms. The summed E-state index contributed by atoms with van der Waals surface area (Å²) in [6.45, 7) is 0.0318. The molecular weight excluding hydrogens is 214 g/mol. The Balaban J connectivity index is 2.48. The van der Waals surface area contributed by atoms with E-state index in [2.05, 4.69) is 20.3 Å². The number of nitrogens with zero attached hydrogens (tertiary/aromatic N) is 1. The Morgan fingerprint density at radius 2 is 2.38 bits per heavy atom. The SMILES string of the molecule is Nc1nc2[nH]cc(CNC(=O)O)c2c(=O)[nH]1. The van der Waals surface area contributed by atoms with Crippen molar-refractivity contribution in [2.75, 3.05) is 5.73 Å². The Labute approximate surface area is 88.5 Å². The lowest BCUT2D eigenvalue weighted by Gasteiger charge is -1.98. The smallest absolute Gasteiger partial charge is 0.404 e. The van der Waals surface area contributed by atoms with Crippen LogP contribution in [-0.4, -0.2) is 26.2 Å². The summed E-state index contributed by atoms with van der Waals surface area (Å²) in [5.41, 5.74) is 5.82. The fraction of sp³-hybridized carbons (Fsp3) is 0.125. The minimum absolute atomic E-state index is 0.0112. The van der Waals surface area contributed by atoms with E-state index >= 15 is 0 Å². The van der Waals surface area contributed by atoms with Gasteiger partial charge >= 0.3 is 6.09 Å². The van der Waals surface area contributed by atoms with Gasteiger partial charge in [0.05, 0.1) is 5.39 Å². The molecule has 0 bridgehead atoms. The van der Waals surface area contributed by atoms with Crippen molar-refractivity contribution in [3.63, 3.8) is 0 Å². The number of hydrogen-bond acceptors (Lipinski definition) is 4. The van der Waals surface area contributed by atoms with Crippen molar-refractivity contribution in [2.24, 2.45) is 0 Å². The zero-order valence-corrected chi connectivity index (χ0v) is 8.07. The monoisotopic (exact) mass is 223 g/mol. The maximum Gasteiger partial charge on any atom is 0.404 e. The van der Waals surface area contributed by atoms with E-state index in [1.165, 1.54) is 6.20 Å². The average Bonchev–Trinajstić information content (AvgIpc) is 2.57. The summed E-state index contributed by atoms with van der Waals surface area (Å²) in [7, 11) is 0. The standard InChI is InChI=1S/C8H9N5O3/c9-7-12-5-4(6(14)13-7)3(1-10-5)2-11-8(15)16/h1,11H,2H2,(H,15,16)(H4,9,10,12,13,14). The number of carbonyl (C=O) groups is 1. The number of aromatic nitrogens is 3. The quantitative estimate of drug-likeness (QED) is 0.471. The number of nitrogen functional groups attached to an aromatic ring is 1. The number of amides is 1. The zero-order chi connectivity index (χ0) is 11.7. The fourth-order valence-corrected chi connectivity index (χ4v) is 1.43. The molecule has 0 radical (unpaired) electrons. The highest BCUT2D eigenvalue weighted by atomic mass is 16.4. The van der Waals surface area contributed by atoms with Gasteiger partial charge in [-0.3, -0.25) is 9.78 Å². The van der Waals surface area contributed by atoms with E-state index in [-0.39, 0.29) is 12.5 Å². The number of rotatable bonds is 2. The lowest BCUT2D eigenvalue weighted by Crippen LogP contribution is -2.21. The second-order valence-corrected chi connectivity index (χ2v) is 3.15. The van der Waals surface area contributed by atoms with E-state index < -0.39 is 11.7 Å². The van der Waals surface area contributed by atoms with Crippen LogP contribution in [0.25, 0.3) is 11.0 Å². The number of nitrogens with one attached hydrogen (secondary N) is 3. The van der Waals surface area contributed by atoms with Gasteiger partial charge in [0.1, 0.15) is 5.65 Å². The predicted octanol–water partition coefficient (Wildman–Crippen LogP) is -0.399. The van der Waals surface area contributed by atoms with E-state index in [9.17, 15) is 9.59 Å². The number of aromatic amines is 2. The Kier molecular flexibility index (Phi) is 2.24. The van der Waals surface area contributed by atoms with Crippen LogP contribution in [0.2, 0.25) is 0 Å². The summed E-state index contributed by atoms with van der Waals surface area (Å²) in [5.74, 6) is 0.0112. The van der Waals surface area contributed by atoms with Gasteiger partial charge in [0.15, 0.2) is 0 Å². The zero-order valence-electron chi connectivity index (χ0n) is 8.07. The Bertz CT molecular complexity index is 599. The third-order valence-electron chi connectivity index (χ3n) is 2.07. The Morgan fingerprint density at radius 1 is 1.62 bits per heavy atom. The fourth-order valence-electron chi connectivity index (χ4n) is 1.43. The molecule has 8 nitrogen and oxygen atoms in total. The number of nitrogens with two attached hydrogens (primary N) is 1. The van der Waals surface area contributed by atoms with Crippen molar-refractivity contribution in [2.45, 2.75) is 6.54 Å². The van der Waals surface area contributed by atoms with Gasteiger partial charge in [-0.15, -0.1) is 0 Å². The first-order valence-electron chi connectivity index (χ1n) is 4.40. The lowest BCUT2D eigenvalue weighted by molar-refractivity contribution is 0.194. The molecule has 2 heterocycles. The molecule has 0 aliphatic rings. The van der Waals surface area contributed by atoms with Crippen LogP contribution in [0.5, 0.6) is 0 Å². The molecular formula is C8H9N5O3. The number of H-pyrrole nitrogens is 2. The summed E-state index contributed by atoms with van der Waals surface area (Å²) < 4.78 is 0. The van der Waals surface area contributed by atoms with Crippen LogP contribution >= 0.6 is 0 Å². The first-order valence-corrected chi connectivity index (χ1v) is 4.40. The van der Waals surface area contributed by atoms with Gasteiger partial charge in [0, 0.05) is 18.3 Å². The first-order chi connectivity index (χ1) is 7.58. The summed E-state index contributed by atoms with van der Waals surface area (Å²) in [5, 5.41) is 10.9. The van der Waals surface area contributed by atoms with Gasteiger partial charge in [-0.1, -0.05) is 0 Å². The van der Waals surface area contributed by atoms with E-state index in [1.807, 2.05) is 0 Å². The summed E-state index contributed by atoms with van der Waals surface area (Å²) in [4.78, 5) is 30.9. The van der Waals surface area contributed by atoms with Gasteiger partial charge in [-0.05, 0) is 0 Å². The molecule has 2 aromatic heterocycles. The maximum absolute atomic E-state index is 11.6. The second-order valence-electron chi connectivity index (χ2n) is 3.15. The van der Waals surface area contributed by atoms with Gasteiger partial charge in [0.25, 0.3) is 5.56 Å². The van der Waals surface area contributed by atoms with Crippen LogP contribution in [0.15, 0.2) is 11.0 Å². The molecule has 2 rings (SSSR count). The van der Waals surface area contributed by atoms with Crippen LogP contribution < -0.4 is 16.6 Å². The summed E-state index contributed by atoms with van der Waals surface area (Å²) >= 11 is 0. The van der Waals surface area contributed by atoms with Crippen LogP contribution in [0.1, 0.15) is 5.56 Å². The van der Waals surface area contributed by atoms with Crippen LogP contribution in [0.4, 0.5) is 10.7 Å². The molecule has 0 aliphatic heterocycles. The molecule has 0 aromatic carbocycles. The van der Waals surface area contributed by atoms with Crippen molar-refractivity contribution in [1.82, 2.24) is 20.3 Å². The highest BCUT2D eigenvalue weighted by Gasteiger charge is 2.10. The molecule has 0 atom stereocenters. The molecule has 16 heavy (non-hydrogen) atoms. The maximum atomic E-state index is 11.6. The second kappa shape index (κ2) is 3.57. The number of hydrogen-bond donors (Lipinski definition) is 5. The Morgan fingerprint density at radius 3 is 3.06 bits per heavy atom. The van der Waals surface area contributed by atoms with Crippen LogP contribution in [-0.2, 0) is 6.54 Å². The molecule has 0 fully saturated rings. The van der Waals surface area contributed by atoms with Crippen LogP contribution in [0, 0.1) is 0 Å². The molecule has 2 aromatic rings. The molecule has 0 saturated heterocycles. The molecule has 0 saturated carbocycles. The molecule has 0 unspecified atom stereocenters. The molecule has 0 aliphatic carbocycles. The van der Waals surface area contributed by atoms with Gasteiger partial charge in [0.2, 0.25) is 5.95 Å². The van der Waals surface area contributed by atoms with E-state index in [0.29, 0.717) is 16.6 Å². The predicted molar refractivity (Wildman–Crippen MR) is 56.0 cm³/mol. The number of carboxylic acid groups (broad SMARTS) is 1. The number of fused-ring (bicyclic) bond motifs is 1. The third kappa shape index (κ3) is 1.67. The summed E-state index contributed by atoms with van der Waals surface area (Å²) in [6, 6.07) is 0. The lowest BCUT2D eigenvalue weighted by atomic mass is 10.2. The topological polar surface area (TPSA) is 137 Å². The van der Waals surface area contributed by atoms with Gasteiger partial charge in [-0.25, -0.2) is 4.79 Å². The van der Waals surface area contributed by atoms with Crippen molar-refractivity contribution >= 4 is 23.1 Å². The minimum atomic E-state index is -1.16. The molecule has 6 N–H and O–H groups in total. The number of anilines is 1. The van der Waals surface area contributed by atoms with Crippen molar-refractivity contribution in [3.8, 4) is 0 Å². The Hall–Kier alpha value is -2.51. The van der Waals surface area contributed by atoms with E-state index in [0.717, 1.165) is 0 Å². The molecule has 84 valence electrons. The minimum Gasteiger partial charge on any atom is -0.465 e. The van der Waals surface area contributed by atoms with E-state index in [1.54, 1.807) is 0 Å².